The monoisotopic (exact) mass is 392 g/mol. The maximum absolute atomic E-state index is 12.4. The molecule has 0 spiro atoms. The molecular formula is C18H21BrN2O3. The van der Waals surface area contributed by atoms with Gasteiger partial charge in [0.1, 0.15) is 11.6 Å². The molecule has 0 radical (unpaired) electrons. The number of nitrogens with zero attached hydrogens (tertiary/aromatic N) is 1. The first-order valence-electron chi connectivity index (χ1n) is 7.95. The predicted octanol–water partition coefficient (Wildman–Crippen LogP) is 3.77. The number of hydrogen-bond acceptors (Lipinski definition) is 4. The van der Waals surface area contributed by atoms with Crippen LogP contribution >= 0.6 is 15.9 Å². The van der Waals surface area contributed by atoms with Crippen molar-refractivity contribution in [2.75, 3.05) is 7.11 Å². The highest BCUT2D eigenvalue weighted by molar-refractivity contribution is 9.10. The number of nitrogens with one attached hydrogen (secondary N) is 1. The molecule has 5 nitrogen and oxygen atoms in total. The lowest BCUT2D eigenvalue weighted by molar-refractivity contribution is -0.118. The minimum atomic E-state index is -0.376. The van der Waals surface area contributed by atoms with Gasteiger partial charge in [-0.2, -0.15) is 5.26 Å². The van der Waals surface area contributed by atoms with Gasteiger partial charge < -0.3 is 15.2 Å². The van der Waals surface area contributed by atoms with Gasteiger partial charge in [-0.1, -0.05) is 35.7 Å². The Labute approximate surface area is 150 Å². The number of phenols is 1. The summed E-state index contributed by atoms with van der Waals surface area (Å²) in [5, 5.41) is 22.2. The van der Waals surface area contributed by atoms with Crippen LogP contribution in [0.1, 0.15) is 38.2 Å². The van der Waals surface area contributed by atoms with Crippen molar-refractivity contribution < 1.29 is 14.6 Å². The van der Waals surface area contributed by atoms with Gasteiger partial charge in [0.2, 0.25) is 0 Å². The van der Waals surface area contributed by atoms with Gasteiger partial charge in [0.15, 0.2) is 11.5 Å². The van der Waals surface area contributed by atoms with E-state index in [0.717, 1.165) is 19.3 Å². The summed E-state index contributed by atoms with van der Waals surface area (Å²) < 4.78 is 5.66. The first-order chi connectivity index (χ1) is 11.5. The lowest BCUT2D eigenvalue weighted by Crippen LogP contribution is -2.41. The second-order valence-corrected chi connectivity index (χ2v) is 6.91. The van der Waals surface area contributed by atoms with Crippen molar-refractivity contribution in [1.82, 2.24) is 5.32 Å². The van der Waals surface area contributed by atoms with Crippen LogP contribution < -0.4 is 10.1 Å². The predicted molar refractivity (Wildman–Crippen MR) is 95.5 cm³/mol. The van der Waals surface area contributed by atoms with E-state index in [1.807, 2.05) is 6.07 Å². The zero-order valence-corrected chi connectivity index (χ0v) is 15.4. The number of hydrogen-bond donors (Lipinski definition) is 2. The number of aromatic hydroxyl groups is 1. The summed E-state index contributed by atoms with van der Waals surface area (Å²) in [7, 11) is 1.45. The highest BCUT2D eigenvalue weighted by atomic mass is 79.9. The maximum atomic E-state index is 12.4. The molecule has 6 heteroatoms. The largest absolute Gasteiger partial charge is 0.504 e. The summed E-state index contributed by atoms with van der Waals surface area (Å²) >= 11 is 3.36. The third kappa shape index (κ3) is 4.30. The number of rotatable bonds is 4. The van der Waals surface area contributed by atoms with E-state index in [-0.39, 0.29) is 23.3 Å². The summed E-state index contributed by atoms with van der Waals surface area (Å²) in [6.45, 7) is 2.12. The third-order valence-corrected chi connectivity index (χ3v) is 5.08. The SMILES string of the molecule is COc1cc(Br)c(/C=C(\C#N)C(=O)N[C@H]2CCCC[C@H]2C)cc1O. The van der Waals surface area contributed by atoms with E-state index in [4.69, 9.17) is 4.74 Å². The fourth-order valence-electron chi connectivity index (χ4n) is 2.91. The van der Waals surface area contributed by atoms with E-state index in [9.17, 15) is 15.2 Å². The Kier molecular flexibility index (Phi) is 6.27. The van der Waals surface area contributed by atoms with Gasteiger partial charge >= 0.3 is 0 Å². The summed E-state index contributed by atoms with van der Waals surface area (Å²) in [5.74, 6) is 0.307. The van der Waals surface area contributed by atoms with Crippen LogP contribution in [0.4, 0.5) is 0 Å². The Balaban J connectivity index is 2.21. The molecule has 0 heterocycles. The van der Waals surface area contributed by atoms with Crippen LogP contribution in [0.15, 0.2) is 22.2 Å². The molecule has 0 aromatic heterocycles. The smallest absolute Gasteiger partial charge is 0.262 e. The van der Waals surface area contributed by atoms with Crippen LogP contribution in [0.25, 0.3) is 6.08 Å². The van der Waals surface area contributed by atoms with Gasteiger partial charge in [0, 0.05) is 10.5 Å². The molecule has 1 aromatic rings. The molecule has 128 valence electrons. The highest BCUT2D eigenvalue weighted by Gasteiger charge is 2.24. The van der Waals surface area contributed by atoms with E-state index < -0.39 is 0 Å². The van der Waals surface area contributed by atoms with Gasteiger partial charge in [-0.15, -0.1) is 0 Å². The van der Waals surface area contributed by atoms with E-state index in [1.54, 1.807) is 6.07 Å². The van der Waals surface area contributed by atoms with Crippen LogP contribution in [0.2, 0.25) is 0 Å². The number of halogens is 1. The van der Waals surface area contributed by atoms with Crippen molar-refractivity contribution >= 4 is 27.9 Å². The molecule has 0 bridgehead atoms. The van der Waals surface area contributed by atoms with Gasteiger partial charge in [-0.25, -0.2) is 0 Å². The number of phenolic OH excluding ortho intramolecular Hbond substituents is 1. The molecule has 0 unspecified atom stereocenters. The van der Waals surface area contributed by atoms with E-state index in [0.29, 0.717) is 21.7 Å². The van der Waals surface area contributed by atoms with Crippen LogP contribution in [-0.2, 0) is 4.79 Å². The summed E-state index contributed by atoms with van der Waals surface area (Å²) in [4.78, 5) is 12.4. The number of methoxy groups -OCH3 is 1. The Morgan fingerprint density at radius 3 is 2.79 bits per heavy atom. The minimum Gasteiger partial charge on any atom is -0.504 e. The molecule has 1 amide bonds. The molecule has 1 fully saturated rings. The van der Waals surface area contributed by atoms with Gasteiger partial charge in [-0.05, 0) is 42.5 Å². The van der Waals surface area contributed by atoms with Crippen molar-refractivity contribution in [3.05, 3.63) is 27.7 Å². The second kappa shape index (κ2) is 8.20. The first kappa shape index (κ1) is 18.3. The van der Waals surface area contributed by atoms with E-state index in [2.05, 4.69) is 28.2 Å². The molecule has 1 saturated carbocycles. The van der Waals surface area contributed by atoms with Crippen molar-refractivity contribution in [2.45, 2.75) is 38.6 Å². The molecule has 1 aromatic carbocycles. The molecule has 1 aliphatic carbocycles. The number of nitriles is 1. The van der Waals surface area contributed by atoms with Crippen molar-refractivity contribution in [2.24, 2.45) is 5.92 Å². The lowest BCUT2D eigenvalue weighted by Gasteiger charge is -2.29. The quantitative estimate of drug-likeness (QED) is 0.603. The number of carbonyl (C=O) groups excluding carboxylic acids is 1. The van der Waals surface area contributed by atoms with E-state index >= 15 is 0 Å². The highest BCUT2D eigenvalue weighted by Crippen LogP contribution is 2.33. The fourth-order valence-corrected chi connectivity index (χ4v) is 3.35. The second-order valence-electron chi connectivity index (χ2n) is 6.06. The van der Waals surface area contributed by atoms with Crippen molar-refractivity contribution in [3.8, 4) is 17.6 Å². The molecule has 0 saturated heterocycles. The fraction of sp³-hybridized carbons (Fsp3) is 0.444. The topological polar surface area (TPSA) is 82.3 Å². The zero-order valence-electron chi connectivity index (χ0n) is 13.8. The summed E-state index contributed by atoms with van der Waals surface area (Å²) in [6, 6.07) is 5.10. The maximum Gasteiger partial charge on any atom is 0.262 e. The standard InChI is InChI=1S/C18H21BrN2O3/c1-11-5-3-4-6-15(11)21-18(23)13(10-20)7-12-8-16(22)17(24-2)9-14(12)19/h7-9,11,15,22H,3-6H2,1-2H3,(H,21,23)/b13-7+/t11-,15+/m1/s1. The molecule has 2 rings (SSSR count). The van der Waals surface area contributed by atoms with Crippen LogP contribution in [0, 0.1) is 17.2 Å². The molecule has 1 aliphatic rings. The number of carbonyl (C=O) groups is 1. The Morgan fingerprint density at radius 1 is 1.46 bits per heavy atom. The molecule has 0 aliphatic heterocycles. The molecule has 24 heavy (non-hydrogen) atoms. The van der Waals surface area contributed by atoms with Gasteiger partial charge in [0.25, 0.3) is 5.91 Å². The summed E-state index contributed by atoms with van der Waals surface area (Å²) in [5.41, 5.74) is 0.551. The number of benzene rings is 1. The lowest BCUT2D eigenvalue weighted by atomic mass is 9.86. The Hall–Kier alpha value is -2.00. The normalized spacial score (nSPS) is 21.0. The van der Waals surface area contributed by atoms with Crippen molar-refractivity contribution in [3.63, 3.8) is 0 Å². The zero-order chi connectivity index (χ0) is 17.7. The molecule has 2 atom stereocenters. The summed E-state index contributed by atoms with van der Waals surface area (Å²) in [6.07, 6.45) is 5.78. The van der Waals surface area contributed by atoms with Crippen molar-refractivity contribution in [1.29, 1.82) is 5.26 Å². The van der Waals surface area contributed by atoms with E-state index in [1.165, 1.54) is 25.7 Å². The third-order valence-electron chi connectivity index (χ3n) is 4.39. The number of ether oxygens (including phenoxy) is 1. The average molecular weight is 393 g/mol. The number of amides is 1. The van der Waals surface area contributed by atoms with Crippen LogP contribution in [0.5, 0.6) is 11.5 Å². The van der Waals surface area contributed by atoms with Gasteiger partial charge in [-0.3, -0.25) is 4.79 Å². The molecule has 2 N–H and O–H groups in total. The minimum absolute atomic E-state index is 0.0121. The van der Waals surface area contributed by atoms with Gasteiger partial charge in [0.05, 0.1) is 7.11 Å². The first-order valence-corrected chi connectivity index (χ1v) is 8.74. The molecular weight excluding hydrogens is 372 g/mol. The average Bonchev–Trinajstić information content (AvgIpc) is 2.57. The van der Waals surface area contributed by atoms with Crippen LogP contribution in [-0.4, -0.2) is 24.2 Å². The van der Waals surface area contributed by atoms with Crippen LogP contribution in [0.3, 0.4) is 0 Å². The Morgan fingerprint density at radius 2 is 2.17 bits per heavy atom. The Bertz CT molecular complexity index is 694.